The Hall–Kier alpha value is -0.0700. The van der Waals surface area contributed by atoms with Crippen LogP contribution in [0, 0.1) is 28.0 Å². The quantitative estimate of drug-likeness (QED) is 0.0643. The van der Waals surface area contributed by atoms with E-state index in [2.05, 4.69) is 52.2 Å². The van der Waals surface area contributed by atoms with Crippen LogP contribution in [-0.4, -0.2) is 56.9 Å². The third-order valence-electron chi connectivity index (χ3n) is 8.48. The molecule has 0 N–H and O–H groups in total. The second kappa shape index (κ2) is 14.5. The lowest BCUT2D eigenvalue weighted by molar-refractivity contribution is -0.250. The fraction of sp³-hybridized carbons (Fsp3) is 0.444. The van der Waals surface area contributed by atoms with Crippen LogP contribution in [0.15, 0.2) is 34.8 Å². The van der Waals surface area contributed by atoms with Crippen molar-refractivity contribution < 1.29 is 63.5 Å². The summed E-state index contributed by atoms with van der Waals surface area (Å²) in [6, 6.07) is 2.79. The van der Waals surface area contributed by atoms with Crippen LogP contribution in [0.5, 0.6) is 11.5 Å². The maximum atomic E-state index is 13.8. The molecule has 2 unspecified atom stereocenters. The molecule has 12 nitrogen and oxygen atoms in total. The zero-order valence-corrected chi connectivity index (χ0v) is 37.3. The highest BCUT2D eigenvalue weighted by Gasteiger charge is 2.60. The lowest BCUT2D eigenvalue weighted by Gasteiger charge is -2.62. The van der Waals surface area contributed by atoms with E-state index in [1.807, 2.05) is 22.6 Å². The molecule has 0 saturated heterocycles. The van der Waals surface area contributed by atoms with Crippen molar-refractivity contribution in [1.82, 2.24) is 0 Å². The molecule has 4 aliphatic rings. The minimum absolute atomic E-state index is 0.0245. The molecular weight excluding hydrogens is 1260 g/mol. The summed E-state index contributed by atoms with van der Waals surface area (Å²) in [6.45, 7) is -0.743. The summed E-state index contributed by atoms with van der Waals surface area (Å²) in [7, 11) is -11.0. The molecule has 0 aliphatic heterocycles. The van der Waals surface area contributed by atoms with Crippen molar-refractivity contribution in [3.05, 3.63) is 41.8 Å². The van der Waals surface area contributed by atoms with Gasteiger partial charge in [0, 0.05) is 13.5 Å². The standard InChI is InChI=1S/C27H20Br3F3I3NO11S2/c28-12-2-13(29)20(46-8-16(38)47-21-14(34)3-15(35)22(19(21)36)49(41,42)43)18(30)17(12)23(39)48-26-6-10-1-11(7-26)5-25(4-10,9-26)24(40)37-50(44,45)27(31,32)33/h2-3,10-11H,1,4-9H2,(H,37,40)(H,41,42,43)/p-2. The Balaban J connectivity index is 1.37. The Bertz CT molecular complexity index is 2050. The number of hydrogen-bond donors (Lipinski definition) is 0. The van der Waals surface area contributed by atoms with Gasteiger partial charge in [-0.05, 0) is 184 Å². The SMILES string of the molecule is O=C(COc1c(Br)cc(Br)c(C(=O)OC23CC4CC(C2)CC(/C([O-])=N/S(=O)(=O)C(F)(F)F)(C4)C3)c1Br)Oc1c(I)cc(I)c(S(=O)(=O)[O-])c1I. The predicted molar refractivity (Wildman–Crippen MR) is 201 cm³/mol. The van der Waals surface area contributed by atoms with Crippen LogP contribution in [0.1, 0.15) is 48.9 Å². The van der Waals surface area contributed by atoms with Crippen molar-refractivity contribution in [2.75, 3.05) is 6.61 Å². The average Bonchev–Trinajstić information content (AvgIpc) is 2.92. The van der Waals surface area contributed by atoms with E-state index < -0.39 is 66.0 Å². The summed E-state index contributed by atoms with van der Waals surface area (Å²) in [5, 5.41) is 13.1. The number of benzene rings is 2. The smallest absolute Gasteiger partial charge is 0.518 e. The molecule has 0 radical (unpaired) electrons. The number of sulfonamides is 1. The number of nitrogens with zero attached hydrogens (tertiary/aromatic N) is 1. The van der Waals surface area contributed by atoms with E-state index in [9.17, 15) is 49.3 Å². The second-order valence-corrected chi connectivity index (χ2v) is 20.8. The number of hydrogen-bond acceptors (Lipinski definition) is 11. The van der Waals surface area contributed by atoms with Gasteiger partial charge in [-0.3, -0.25) is 0 Å². The number of carbonyl (C=O) groups excluding carboxylic acids is 2. The fourth-order valence-electron chi connectivity index (χ4n) is 7.10. The average molecular weight is 1270 g/mol. The van der Waals surface area contributed by atoms with Gasteiger partial charge in [0.15, 0.2) is 12.4 Å². The van der Waals surface area contributed by atoms with E-state index in [-0.39, 0.29) is 68.7 Å². The highest BCUT2D eigenvalue weighted by Crippen LogP contribution is 2.63. The fourth-order valence-corrected chi connectivity index (χ4v) is 16.1. The highest BCUT2D eigenvalue weighted by atomic mass is 127. The summed E-state index contributed by atoms with van der Waals surface area (Å²) in [4.78, 5) is 26.1. The molecule has 2 atom stereocenters. The first-order chi connectivity index (χ1) is 22.9. The van der Waals surface area contributed by atoms with Crippen LogP contribution in [0.4, 0.5) is 13.2 Å². The lowest BCUT2D eigenvalue weighted by atomic mass is 9.47. The zero-order chi connectivity index (χ0) is 37.4. The summed E-state index contributed by atoms with van der Waals surface area (Å²) < 4.78 is 119. The van der Waals surface area contributed by atoms with Crippen LogP contribution < -0.4 is 14.6 Å². The van der Waals surface area contributed by atoms with Crippen molar-refractivity contribution in [3.63, 3.8) is 0 Å². The van der Waals surface area contributed by atoms with Gasteiger partial charge in [-0.2, -0.15) is 26.0 Å². The van der Waals surface area contributed by atoms with E-state index in [1.54, 1.807) is 45.2 Å². The Labute approximate surface area is 349 Å². The second-order valence-electron chi connectivity index (χ2n) is 12.0. The topological polar surface area (TPSA) is 189 Å². The molecule has 0 aromatic heterocycles. The van der Waals surface area contributed by atoms with Crippen molar-refractivity contribution in [2.24, 2.45) is 21.6 Å². The number of carbonyl (C=O) groups is 2. The third-order valence-corrected chi connectivity index (χ3v) is 15.8. The highest BCUT2D eigenvalue weighted by molar-refractivity contribution is 14.1. The predicted octanol–water partition coefficient (Wildman–Crippen LogP) is 6.78. The molecule has 50 heavy (non-hydrogen) atoms. The third kappa shape index (κ3) is 8.13. The molecule has 23 heteroatoms. The molecule has 2 aromatic rings. The van der Waals surface area contributed by atoms with Crippen molar-refractivity contribution in [3.8, 4) is 11.5 Å². The zero-order valence-electron chi connectivity index (χ0n) is 24.4. The summed E-state index contributed by atoms with van der Waals surface area (Å²) in [5.74, 6) is -3.93. The largest absolute Gasteiger partial charge is 0.861 e. The molecule has 4 bridgehead atoms. The molecule has 6 rings (SSSR count). The van der Waals surface area contributed by atoms with Crippen molar-refractivity contribution in [1.29, 1.82) is 0 Å². The Morgan fingerprint density at radius 2 is 1.56 bits per heavy atom. The van der Waals surface area contributed by atoms with Crippen LogP contribution >= 0.6 is 116 Å². The molecule has 0 spiro atoms. The monoisotopic (exact) mass is 1270 g/mol. The van der Waals surface area contributed by atoms with Gasteiger partial charge < -0.3 is 23.9 Å². The van der Waals surface area contributed by atoms with Gasteiger partial charge in [0.1, 0.15) is 21.5 Å². The van der Waals surface area contributed by atoms with Gasteiger partial charge in [-0.1, -0.05) is 0 Å². The minimum Gasteiger partial charge on any atom is -0.861 e. The van der Waals surface area contributed by atoms with Crippen LogP contribution in [0.2, 0.25) is 0 Å². The van der Waals surface area contributed by atoms with Gasteiger partial charge in [-0.25, -0.2) is 18.0 Å². The maximum absolute atomic E-state index is 13.8. The number of rotatable bonds is 9. The van der Waals surface area contributed by atoms with E-state index in [1.165, 1.54) is 12.1 Å². The summed E-state index contributed by atoms with van der Waals surface area (Å²) in [6.07, 6.45) is 1.28. The van der Waals surface area contributed by atoms with E-state index >= 15 is 0 Å². The van der Waals surface area contributed by atoms with Crippen molar-refractivity contribution in [2.45, 2.75) is 54.5 Å². The van der Waals surface area contributed by atoms with Gasteiger partial charge in [0.05, 0.1) is 26.5 Å². The van der Waals surface area contributed by atoms with Crippen LogP contribution in [0.3, 0.4) is 0 Å². The summed E-state index contributed by atoms with van der Waals surface area (Å²) >= 11 is 15.0. The van der Waals surface area contributed by atoms with Crippen LogP contribution in [0.25, 0.3) is 0 Å². The van der Waals surface area contributed by atoms with Gasteiger partial charge >= 0.3 is 27.5 Å². The first-order valence-electron chi connectivity index (χ1n) is 13.8. The normalized spacial score (nSPS) is 25.0. The molecule has 0 heterocycles. The molecule has 4 saturated carbocycles. The Morgan fingerprint density at radius 1 is 0.960 bits per heavy atom. The Kier molecular flexibility index (Phi) is 12.0. The molecule has 2 aromatic carbocycles. The Morgan fingerprint density at radius 3 is 2.12 bits per heavy atom. The minimum atomic E-state index is -6.07. The van der Waals surface area contributed by atoms with E-state index in [0.29, 0.717) is 22.8 Å². The number of alkyl halides is 3. The first kappa shape index (κ1) is 41.1. The molecule has 0 amide bonds. The maximum Gasteiger partial charge on any atom is 0.518 e. The van der Waals surface area contributed by atoms with E-state index in [0.717, 1.165) is 0 Å². The van der Waals surface area contributed by atoms with E-state index in [4.69, 9.17) is 14.2 Å². The molecule has 4 fully saturated rings. The van der Waals surface area contributed by atoms with Gasteiger partial charge in [-0.15, -0.1) is 0 Å². The lowest BCUT2D eigenvalue weighted by Crippen LogP contribution is -2.61. The number of esters is 2. The van der Waals surface area contributed by atoms with Gasteiger partial charge in [0.2, 0.25) is 0 Å². The molecular formula is C27H18Br3F3I3NO11S2-2. The molecule has 274 valence electrons. The first-order valence-corrected chi connectivity index (χ1v) is 22.3. The molecule has 4 aliphatic carbocycles. The van der Waals surface area contributed by atoms with Crippen molar-refractivity contribution >= 4 is 154 Å². The summed E-state index contributed by atoms with van der Waals surface area (Å²) in [5.41, 5.74) is -8.67. The van der Waals surface area contributed by atoms with Crippen LogP contribution in [-0.2, 0) is 29.7 Å². The number of ether oxygens (including phenoxy) is 3. The number of halogens is 9. The van der Waals surface area contributed by atoms with Gasteiger partial charge in [0.25, 0.3) is 0 Å².